The van der Waals surface area contributed by atoms with E-state index in [1.54, 1.807) is 0 Å². The van der Waals surface area contributed by atoms with Crippen LogP contribution >= 0.6 is 15.9 Å². The molecule has 0 fully saturated rings. The third-order valence-electron chi connectivity index (χ3n) is 0.662. The Morgan fingerprint density at radius 2 is 2.60 bits per heavy atom. The predicted octanol–water partition coefficient (Wildman–Crippen LogP) is 1.39. The molecule has 0 saturated heterocycles. The van der Waals surface area contributed by atoms with E-state index in [1.807, 2.05) is 0 Å². The Balaban J connectivity index is 3.16. The van der Waals surface area contributed by atoms with Gasteiger partial charge in [-0.2, -0.15) is 0 Å². The van der Waals surface area contributed by atoms with Crippen LogP contribution in [-0.4, -0.2) is 17.0 Å². The van der Waals surface area contributed by atoms with Gasteiger partial charge in [-0.05, 0) is 15.9 Å². The van der Waals surface area contributed by atoms with Gasteiger partial charge in [0.05, 0.1) is 14.1 Å². The number of hydrogen-bond donors (Lipinski definition) is 0. The van der Waals surface area contributed by atoms with Crippen molar-refractivity contribution in [3.8, 4) is 0 Å². The molecule has 0 spiro atoms. The molecule has 3 nitrogen and oxygen atoms in total. The number of rotatable bonds is 2. The Hall–Kier alpha value is -0.480. The van der Waals surface area contributed by atoms with Crippen LogP contribution in [0.4, 0.5) is 0 Å². The number of ether oxygens (including phenoxy) is 1. The Labute approximate surface area is 77.4 Å². The van der Waals surface area contributed by atoms with Crippen LogP contribution in [0.25, 0.3) is 0 Å². The number of methoxy groups -OCH3 is 1. The standard InChI is InChI=1S/C6H7BrN2O/c1-10-4-6-8-2-5(7)3-9-6/h2-3H,4H2,1H3/i1D3,2D,3D,4D2. The third-order valence-corrected chi connectivity index (χ3v) is 1.02. The highest BCUT2D eigenvalue weighted by atomic mass is 79.9. The van der Waals surface area contributed by atoms with E-state index < -0.39 is 31.8 Å². The number of halogens is 1. The van der Waals surface area contributed by atoms with E-state index in [0.29, 0.717) is 0 Å². The number of hydrogen-bond acceptors (Lipinski definition) is 3. The average molecular weight is 210 g/mol. The summed E-state index contributed by atoms with van der Waals surface area (Å²) in [5.74, 6) is -0.674. The van der Waals surface area contributed by atoms with Crippen molar-refractivity contribution in [1.29, 1.82) is 0 Å². The van der Waals surface area contributed by atoms with Gasteiger partial charge >= 0.3 is 0 Å². The molecule has 1 aromatic heterocycles. The summed E-state index contributed by atoms with van der Waals surface area (Å²) in [5, 5.41) is 0. The second kappa shape index (κ2) is 3.63. The predicted molar refractivity (Wildman–Crippen MR) is 40.4 cm³/mol. The lowest BCUT2D eigenvalue weighted by molar-refractivity contribution is 0.177. The number of nitrogens with zero attached hydrogens (tertiary/aromatic N) is 2. The summed E-state index contributed by atoms with van der Waals surface area (Å²) in [7, 11) is -2.97. The first-order valence-corrected chi connectivity index (χ1v) is 3.03. The minimum atomic E-state index is -2.97. The van der Waals surface area contributed by atoms with E-state index in [2.05, 4.69) is 30.6 Å². The highest BCUT2D eigenvalue weighted by molar-refractivity contribution is 9.10. The van der Waals surface area contributed by atoms with E-state index >= 15 is 0 Å². The van der Waals surface area contributed by atoms with Gasteiger partial charge in [-0.1, -0.05) is 0 Å². The molecule has 10 heavy (non-hydrogen) atoms. The fourth-order valence-electron chi connectivity index (χ4n) is 0.345. The summed E-state index contributed by atoms with van der Waals surface area (Å²) in [6.45, 7) is -2.79. The molecule has 0 amide bonds. The van der Waals surface area contributed by atoms with Crippen molar-refractivity contribution < 1.29 is 14.3 Å². The lowest BCUT2D eigenvalue weighted by atomic mass is 10.6. The molecule has 1 heterocycles. The van der Waals surface area contributed by atoms with E-state index in [9.17, 15) is 0 Å². The molecule has 1 aromatic rings. The molecular weight excluding hydrogens is 196 g/mol. The molecule has 0 atom stereocenters. The minimum absolute atomic E-state index is 0.00839. The van der Waals surface area contributed by atoms with Crippen molar-refractivity contribution in [3.63, 3.8) is 0 Å². The largest absolute Gasteiger partial charge is 0.377 e. The van der Waals surface area contributed by atoms with Gasteiger partial charge in [-0.25, -0.2) is 9.97 Å². The fourth-order valence-corrected chi connectivity index (χ4v) is 0.523. The first kappa shape index (κ1) is 2.53. The first-order valence-electron chi connectivity index (χ1n) is 5.74. The second-order valence-corrected chi connectivity index (χ2v) is 2.08. The maximum Gasteiger partial charge on any atom is 0.153 e. The molecule has 0 aliphatic rings. The van der Waals surface area contributed by atoms with Crippen LogP contribution in [0.15, 0.2) is 16.8 Å². The van der Waals surface area contributed by atoms with Gasteiger partial charge in [0, 0.05) is 19.4 Å². The van der Waals surface area contributed by atoms with Crippen LogP contribution in [0.5, 0.6) is 0 Å². The lowest BCUT2D eigenvalue weighted by Crippen LogP contribution is -1.94. The molecule has 0 aromatic carbocycles. The van der Waals surface area contributed by atoms with Crippen molar-refractivity contribution >= 4 is 15.9 Å². The van der Waals surface area contributed by atoms with Crippen molar-refractivity contribution in [2.75, 3.05) is 7.04 Å². The summed E-state index contributed by atoms with van der Waals surface area (Å²) >= 11 is 2.87. The fraction of sp³-hybridized carbons (Fsp3) is 0.333. The van der Waals surface area contributed by atoms with Gasteiger partial charge in [0.25, 0.3) is 0 Å². The van der Waals surface area contributed by atoms with Crippen molar-refractivity contribution in [1.82, 2.24) is 9.97 Å². The molecule has 0 unspecified atom stereocenters. The molecule has 0 radical (unpaired) electrons. The number of aromatic nitrogens is 2. The SMILES string of the molecule is [2H]c1nc(C([2H])([2H])OC([2H])([2H])[2H])nc([2H])c1Br. The van der Waals surface area contributed by atoms with E-state index in [0.717, 1.165) is 0 Å². The first-order chi connectivity index (χ1) is 7.53. The van der Waals surface area contributed by atoms with Gasteiger partial charge in [-0.15, -0.1) is 0 Å². The Morgan fingerprint density at radius 1 is 1.90 bits per heavy atom. The van der Waals surface area contributed by atoms with Gasteiger partial charge in [0.2, 0.25) is 0 Å². The molecule has 0 bridgehead atoms. The second-order valence-electron chi connectivity index (χ2n) is 1.29. The zero-order valence-electron chi connectivity index (χ0n) is 11.7. The summed E-state index contributed by atoms with van der Waals surface area (Å²) in [4.78, 5) is 6.86. The van der Waals surface area contributed by atoms with Gasteiger partial charge in [-0.3, -0.25) is 0 Å². The Morgan fingerprint density at radius 3 is 3.20 bits per heavy atom. The summed E-state index contributed by atoms with van der Waals surface area (Å²) in [5.41, 5.74) is 0. The maximum atomic E-state index is 7.36. The topological polar surface area (TPSA) is 35.0 Å². The molecule has 0 aliphatic carbocycles. The third kappa shape index (κ3) is 2.04. The van der Waals surface area contributed by atoms with Gasteiger partial charge < -0.3 is 4.74 Å². The Bertz CT molecular complexity index is 412. The molecule has 0 N–H and O–H groups in total. The zero-order chi connectivity index (χ0) is 13.4. The molecule has 0 aliphatic heterocycles. The Kier molecular flexibility index (Phi) is 0.919. The quantitative estimate of drug-likeness (QED) is 0.739. The molecule has 0 saturated carbocycles. The molecular formula is C6H7BrN2O. The monoisotopic (exact) mass is 209 g/mol. The zero-order valence-corrected chi connectivity index (χ0v) is 6.27. The average Bonchev–Trinajstić information content (AvgIpc) is 2.09. The van der Waals surface area contributed by atoms with Crippen LogP contribution in [0, 0.1) is 0 Å². The normalized spacial score (nSPS) is 22.7. The van der Waals surface area contributed by atoms with E-state index in [1.165, 1.54) is 0 Å². The smallest absolute Gasteiger partial charge is 0.153 e. The molecule has 54 valence electrons. The van der Waals surface area contributed by atoms with E-state index in [4.69, 9.17) is 9.60 Å². The van der Waals surface area contributed by atoms with Crippen LogP contribution in [0.1, 0.15) is 15.4 Å². The summed E-state index contributed by atoms with van der Waals surface area (Å²) < 4.78 is 54.0. The lowest BCUT2D eigenvalue weighted by Gasteiger charge is -1.95. The highest BCUT2D eigenvalue weighted by Gasteiger charge is 1.92. The van der Waals surface area contributed by atoms with Crippen LogP contribution in [-0.2, 0) is 11.3 Å². The maximum absolute atomic E-state index is 7.36. The molecule has 1 rings (SSSR count). The van der Waals surface area contributed by atoms with Crippen molar-refractivity contribution in [2.24, 2.45) is 0 Å². The van der Waals surface area contributed by atoms with Crippen LogP contribution in [0.2, 0.25) is 0 Å². The molecule has 4 heteroatoms. The van der Waals surface area contributed by atoms with E-state index in [-0.39, 0.29) is 4.47 Å². The van der Waals surface area contributed by atoms with Gasteiger partial charge in [0.15, 0.2) is 5.82 Å². The van der Waals surface area contributed by atoms with Crippen molar-refractivity contribution in [3.05, 3.63) is 22.6 Å². The summed E-state index contributed by atoms with van der Waals surface area (Å²) in [6, 6.07) is 0. The van der Waals surface area contributed by atoms with Gasteiger partial charge in [0.1, 0.15) is 6.56 Å². The van der Waals surface area contributed by atoms with Crippen LogP contribution in [0.3, 0.4) is 0 Å². The van der Waals surface area contributed by atoms with Crippen molar-refractivity contribution in [2.45, 2.75) is 6.56 Å². The summed E-state index contributed by atoms with van der Waals surface area (Å²) in [6.07, 6.45) is -0.837. The van der Waals surface area contributed by atoms with Crippen LogP contribution < -0.4 is 0 Å². The minimum Gasteiger partial charge on any atom is -0.377 e. The highest BCUT2D eigenvalue weighted by Crippen LogP contribution is 2.04.